The van der Waals surface area contributed by atoms with E-state index in [1.807, 2.05) is 13.8 Å². The highest BCUT2D eigenvalue weighted by Crippen LogP contribution is 2.71. The first kappa shape index (κ1) is 37.8. The maximum Gasteiger partial charge on any atom is 0.186 e. The lowest BCUT2D eigenvalue weighted by Crippen LogP contribution is -2.63. The van der Waals surface area contributed by atoms with Crippen LogP contribution in [0.25, 0.3) is 0 Å². The van der Waals surface area contributed by atoms with Gasteiger partial charge in [-0.05, 0) is 114 Å². The van der Waals surface area contributed by atoms with Crippen molar-refractivity contribution in [3.8, 4) is 0 Å². The van der Waals surface area contributed by atoms with Crippen LogP contribution < -0.4 is 0 Å². The minimum atomic E-state index is -1.50. The van der Waals surface area contributed by atoms with Crippen molar-refractivity contribution in [3.05, 3.63) is 0 Å². The van der Waals surface area contributed by atoms with Gasteiger partial charge < -0.3 is 55.1 Å². The van der Waals surface area contributed by atoms with E-state index < -0.39 is 66.3 Å². The molecule has 0 aromatic carbocycles. The Balaban J connectivity index is 1.29. The Labute approximate surface area is 280 Å². The third-order valence-corrected chi connectivity index (χ3v) is 14.2. The average molecular weight is 673 g/mol. The molecule has 274 valence electrons. The summed E-state index contributed by atoms with van der Waals surface area (Å²) in [7, 11) is 0. The SMILES string of the molecule is CC(C)(O)[C@@H]1CC[C@](C)([C@H](O)CC[C@](C)(O)[C@@H]2[C@@H](O)C[C@H]3[C@]4(C)CC[C@@H](O[C@H]5O[C@@H](CO)[C@H](O)[C@@H](O)[C@@H]5O)C(C)(C)[C@@H]4CC[C@]32C)O1. The zero-order chi connectivity index (χ0) is 35.1. The number of ether oxygens (including phenoxy) is 3. The van der Waals surface area contributed by atoms with Crippen molar-refractivity contribution in [2.75, 3.05) is 6.61 Å². The topological polar surface area (TPSA) is 190 Å². The van der Waals surface area contributed by atoms with Crippen LogP contribution in [0.4, 0.5) is 0 Å². The van der Waals surface area contributed by atoms with Crippen LogP contribution in [0, 0.1) is 34.0 Å². The van der Waals surface area contributed by atoms with Crippen LogP contribution in [-0.2, 0) is 14.2 Å². The second kappa shape index (κ2) is 12.7. The van der Waals surface area contributed by atoms with E-state index in [9.17, 15) is 40.9 Å². The Bertz CT molecular complexity index is 1110. The smallest absolute Gasteiger partial charge is 0.186 e. The van der Waals surface area contributed by atoms with Gasteiger partial charge in [0.15, 0.2) is 6.29 Å². The molecule has 0 aromatic heterocycles. The number of aliphatic hydroxyl groups is 8. The summed E-state index contributed by atoms with van der Waals surface area (Å²) in [4.78, 5) is 0. The molecule has 0 unspecified atom stereocenters. The van der Waals surface area contributed by atoms with Crippen molar-refractivity contribution in [1.29, 1.82) is 0 Å². The molecule has 2 heterocycles. The quantitative estimate of drug-likeness (QED) is 0.167. The second-order valence-corrected chi connectivity index (χ2v) is 18.1. The van der Waals surface area contributed by atoms with Crippen molar-refractivity contribution in [2.24, 2.45) is 34.0 Å². The standard InChI is InChI=1S/C36H64O11/c1-31(2)21-9-13-34(6)22(33(21,5)14-11-24(31)46-30-28(42)27(41)26(40)20(18-37)45-30)17-19(38)29(34)35(7,44)15-10-23(39)36(8)16-12-25(47-36)32(3,4)43/h19-30,37-44H,9-18H2,1-8H3/t19-,20-,21-,22-,23+,24+,25-,26-,27+,28-,29+,30+,33+,34+,35-,36+/m0/s1. The Hall–Kier alpha value is -0.440. The molecule has 0 aromatic rings. The zero-order valence-electron chi connectivity index (χ0n) is 29.8. The molecule has 11 nitrogen and oxygen atoms in total. The summed E-state index contributed by atoms with van der Waals surface area (Å²) in [5, 5.41) is 86.4. The minimum absolute atomic E-state index is 0.140. The monoisotopic (exact) mass is 672 g/mol. The van der Waals surface area contributed by atoms with Crippen LogP contribution >= 0.6 is 0 Å². The molecule has 2 aliphatic heterocycles. The summed E-state index contributed by atoms with van der Waals surface area (Å²) in [6.07, 6.45) is -3.20. The fourth-order valence-electron chi connectivity index (χ4n) is 11.5. The summed E-state index contributed by atoms with van der Waals surface area (Å²) >= 11 is 0. The molecule has 0 bridgehead atoms. The number of fused-ring (bicyclic) bond motifs is 3. The highest BCUT2D eigenvalue weighted by Gasteiger charge is 2.68. The van der Waals surface area contributed by atoms with Gasteiger partial charge in [-0.2, -0.15) is 0 Å². The van der Waals surface area contributed by atoms with Gasteiger partial charge in [-0.1, -0.05) is 27.7 Å². The number of aliphatic hydroxyl groups excluding tert-OH is 6. The van der Waals surface area contributed by atoms with Gasteiger partial charge in [-0.25, -0.2) is 0 Å². The molecule has 0 amide bonds. The van der Waals surface area contributed by atoms with E-state index in [2.05, 4.69) is 27.7 Å². The molecule has 16 atom stereocenters. The first-order valence-corrected chi connectivity index (χ1v) is 18.0. The van der Waals surface area contributed by atoms with E-state index in [0.29, 0.717) is 38.5 Å². The lowest BCUT2D eigenvalue weighted by molar-refractivity contribution is -0.329. The first-order chi connectivity index (χ1) is 21.5. The average Bonchev–Trinajstić information content (AvgIpc) is 3.52. The van der Waals surface area contributed by atoms with Gasteiger partial charge in [0.1, 0.15) is 24.4 Å². The Morgan fingerprint density at radius 2 is 1.47 bits per heavy atom. The van der Waals surface area contributed by atoms with Crippen molar-refractivity contribution in [1.82, 2.24) is 0 Å². The fourth-order valence-corrected chi connectivity index (χ4v) is 11.5. The van der Waals surface area contributed by atoms with Crippen molar-refractivity contribution in [3.63, 3.8) is 0 Å². The molecule has 0 spiro atoms. The highest BCUT2D eigenvalue weighted by atomic mass is 16.7. The van der Waals surface area contributed by atoms with Gasteiger partial charge in [0.25, 0.3) is 0 Å². The molecule has 47 heavy (non-hydrogen) atoms. The van der Waals surface area contributed by atoms with Gasteiger partial charge in [0.05, 0.1) is 47.8 Å². The van der Waals surface area contributed by atoms with Gasteiger partial charge >= 0.3 is 0 Å². The summed E-state index contributed by atoms with van der Waals surface area (Å²) in [6.45, 7) is 15.5. The lowest BCUT2D eigenvalue weighted by Gasteiger charge is -2.64. The second-order valence-electron chi connectivity index (χ2n) is 18.1. The molecule has 11 heteroatoms. The summed E-state index contributed by atoms with van der Waals surface area (Å²) in [6, 6.07) is 0. The summed E-state index contributed by atoms with van der Waals surface area (Å²) < 4.78 is 18.3. The number of hydrogen-bond acceptors (Lipinski definition) is 11. The zero-order valence-corrected chi connectivity index (χ0v) is 29.8. The molecule has 5 aliphatic rings. The summed E-state index contributed by atoms with van der Waals surface area (Å²) in [5.74, 6) is -0.0314. The molecule has 2 saturated heterocycles. The normalized spacial score (nSPS) is 50.4. The first-order valence-electron chi connectivity index (χ1n) is 18.0. The minimum Gasteiger partial charge on any atom is -0.394 e. The van der Waals surface area contributed by atoms with E-state index in [4.69, 9.17) is 14.2 Å². The largest absolute Gasteiger partial charge is 0.394 e. The van der Waals surface area contributed by atoms with Crippen molar-refractivity contribution >= 4 is 0 Å². The third kappa shape index (κ3) is 6.36. The predicted octanol–water partition coefficient (Wildman–Crippen LogP) is 2.01. The Morgan fingerprint density at radius 3 is 2.06 bits per heavy atom. The van der Waals surface area contributed by atoms with Crippen LogP contribution in [0.1, 0.15) is 113 Å². The van der Waals surface area contributed by atoms with E-state index in [1.165, 1.54) is 0 Å². The predicted molar refractivity (Wildman–Crippen MR) is 173 cm³/mol. The van der Waals surface area contributed by atoms with Crippen molar-refractivity contribution < 1.29 is 55.1 Å². The van der Waals surface area contributed by atoms with Crippen LogP contribution in [0.5, 0.6) is 0 Å². The Kier molecular flexibility index (Phi) is 10.2. The van der Waals surface area contributed by atoms with Crippen LogP contribution in [0.2, 0.25) is 0 Å². The fraction of sp³-hybridized carbons (Fsp3) is 1.00. The molecular weight excluding hydrogens is 608 g/mol. The van der Waals surface area contributed by atoms with E-state index >= 15 is 0 Å². The molecular formula is C36H64O11. The van der Waals surface area contributed by atoms with E-state index in [1.54, 1.807) is 13.8 Å². The third-order valence-electron chi connectivity index (χ3n) is 14.2. The lowest BCUT2D eigenvalue weighted by atomic mass is 9.42. The maximum absolute atomic E-state index is 12.1. The van der Waals surface area contributed by atoms with Crippen LogP contribution in [0.3, 0.4) is 0 Å². The van der Waals surface area contributed by atoms with Gasteiger partial charge in [0, 0.05) is 5.92 Å². The Morgan fingerprint density at radius 1 is 0.830 bits per heavy atom. The number of rotatable bonds is 9. The van der Waals surface area contributed by atoms with Gasteiger partial charge in [0.2, 0.25) is 0 Å². The molecule has 5 rings (SSSR count). The van der Waals surface area contributed by atoms with Crippen molar-refractivity contribution in [2.45, 2.75) is 185 Å². The molecule has 3 aliphatic carbocycles. The highest BCUT2D eigenvalue weighted by molar-refractivity contribution is 5.17. The molecule has 5 fully saturated rings. The van der Waals surface area contributed by atoms with Crippen LogP contribution in [0.15, 0.2) is 0 Å². The van der Waals surface area contributed by atoms with E-state index in [-0.39, 0.29) is 46.2 Å². The van der Waals surface area contributed by atoms with E-state index in [0.717, 1.165) is 19.3 Å². The number of hydrogen-bond donors (Lipinski definition) is 8. The summed E-state index contributed by atoms with van der Waals surface area (Å²) in [5.41, 5.74) is -3.89. The molecule has 0 radical (unpaired) electrons. The van der Waals surface area contributed by atoms with Gasteiger partial charge in [-0.3, -0.25) is 0 Å². The maximum atomic E-state index is 12.1. The molecule has 8 N–H and O–H groups in total. The van der Waals surface area contributed by atoms with Gasteiger partial charge in [-0.15, -0.1) is 0 Å². The molecule has 3 saturated carbocycles. The van der Waals surface area contributed by atoms with Crippen LogP contribution in [-0.4, -0.2) is 119 Å².